The molecule has 0 aliphatic carbocycles. The Morgan fingerprint density at radius 2 is 1.81 bits per heavy atom. The van der Waals surface area contributed by atoms with Crippen molar-refractivity contribution in [3.63, 3.8) is 0 Å². The Balaban J connectivity index is 1.92. The van der Waals surface area contributed by atoms with Crippen LogP contribution in [0.3, 0.4) is 0 Å². The first-order valence-electron chi connectivity index (χ1n) is 8.11. The average molecular weight is 371 g/mol. The number of hydrogen-bond acceptors (Lipinski definition) is 3. The van der Waals surface area contributed by atoms with Crippen LogP contribution in [0.25, 0.3) is 0 Å². The molecule has 0 heterocycles. The normalized spacial score (nSPS) is 14.1. The first-order valence-corrected chi connectivity index (χ1v) is 8.11. The first kappa shape index (κ1) is 20.2. The summed E-state index contributed by atoms with van der Waals surface area (Å²) in [4.78, 5) is 0. The lowest BCUT2D eigenvalue weighted by Gasteiger charge is -2.17. The zero-order valence-electron chi connectivity index (χ0n) is 14.5. The number of aliphatic hydroxyl groups is 1. The van der Waals surface area contributed by atoms with Gasteiger partial charge in [0.15, 0.2) is 11.6 Å². The lowest BCUT2D eigenvalue weighted by atomic mass is 10.0. The second-order valence-electron chi connectivity index (χ2n) is 6.09. The van der Waals surface area contributed by atoms with Crippen molar-refractivity contribution in [1.82, 2.24) is 5.32 Å². The molecular formula is C19H21F4NO2. The van der Waals surface area contributed by atoms with E-state index in [1.165, 1.54) is 25.3 Å². The van der Waals surface area contributed by atoms with Crippen LogP contribution >= 0.6 is 0 Å². The van der Waals surface area contributed by atoms with Gasteiger partial charge in [0.2, 0.25) is 0 Å². The molecule has 0 fully saturated rings. The molecule has 26 heavy (non-hydrogen) atoms. The van der Waals surface area contributed by atoms with Crippen LogP contribution in [0.2, 0.25) is 0 Å². The second kappa shape index (κ2) is 8.51. The molecule has 2 atom stereocenters. The van der Waals surface area contributed by atoms with Crippen LogP contribution < -0.4 is 10.1 Å². The largest absolute Gasteiger partial charge is 0.494 e. The summed E-state index contributed by atoms with van der Waals surface area (Å²) in [5.74, 6) is -0.348. The predicted octanol–water partition coefficient (Wildman–Crippen LogP) is 4.28. The lowest BCUT2D eigenvalue weighted by Crippen LogP contribution is -2.25. The highest BCUT2D eigenvalue weighted by Gasteiger charge is 2.30. The van der Waals surface area contributed by atoms with Crippen molar-refractivity contribution in [1.29, 1.82) is 0 Å². The molecule has 142 valence electrons. The fraction of sp³-hybridized carbons (Fsp3) is 0.368. The fourth-order valence-electron chi connectivity index (χ4n) is 2.58. The minimum atomic E-state index is -4.45. The van der Waals surface area contributed by atoms with Crippen molar-refractivity contribution in [2.45, 2.75) is 25.1 Å². The highest BCUT2D eigenvalue weighted by atomic mass is 19.4. The summed E-state index contributed by atoms with van der Waals surface area (Å²) in [5, 5.41) is 13.1. The summed E-state index contributed by atoms with van der Waals surface area (Å²) >= 11 is 0. The number of halogens is 4. The highest BCUT2D eigenvalue weighted by molar-refractivity contribution is 5.31. The number of hydrogen-bond donors (Lipinski definition) is 2. The summed E-state index contributed by atoms with van der Waals surface area (Å²) in [6.07, 6.45) is -5.52. The molecule has 0 bridgehead atoms. The van der Waals surface area contributed by atoms with Crippen LogP contribution in [-0.2, 0) is 6.18 Å². The van der Waals surface area contributed by atoms with Gasteiger partial charge >= 0.3 is 6.18 Å². The number of aliphatic hydroxyl groups excluding tert-OH is 1. The Morgan fingerprint density at radius 3 is 2.42 bits per heavy atom. The van der Waals surface area contributed by atoms with Gasteiger partial charge in [0, 0.05) is 13.1 Å². The van der Waals surface area contributed by atoms with Crippen LogP contribution in [0, 0.1) is 5.82 Å². The van der Waals surface area contributed by atoms with Gasteiger partial charge < -0.3 is 15.2 Å². The molecule has 0 radical (unpaired) electrons. The van der Waals surface area contributed by atoms with E-state index in [0.717, 1.165) is 17.7 Å². The molecule has 2 unspecified atom stereocenters. The van der Waals surface area contributed by atoms with Crippen molar-refractivity contribution in [2.75, 3.05) is 20.2 Å². The SMILES string of the molecule is COc1ccc(C(C)CNCC(O)c2cccc(C(F)(F)F)c2)cc1F. The molecular weight excluding hydrogens is 350 g/mol. The maximum absolute atomic E-state index is 13.7. The van der Waals surface area contributed by atoms with Gasteiger partial charge in [-0.3, -0.25) is 0 Å². The van der Waals surface area contributed by atoms with Gasteiger partial charge in [0.25, 0.3) is 0 Å². The van der Waals surface area contributed by atoms with E-state index in [0.29, 0.717) is 6.54 Å². The van der Waals surface area contributed by atoms with E-state index >= 15 is 0 Å². The van der Waals surface area contributed by atoms with E-state index in [-0.39, 0.29) is 23.8 Å². The summed E-state index contributed by atoms with van der Waals surface area (Å²) in [6, 6.07) is 9.29. The van der Waals surface area contributed by atoms with E-state index in [4.69, 9.17) is 4.74 Å². The van der Waals surface area contributed by atoms with E-state index in [1.807, 2.05) is 6.92 Å². The minimum absolute atomic E-state index is 0.0517. The van der Waals surface area contributed by atoms with E-state index in [1.54, 1.807) is 12.1 Å². The second-order valence-corrected chi connectivity index (χ2v) is 6.09. The van der Waals surface area contributed by atoms with Crippen molar-refractivity contribution in [2.24, 2.45) is 0 Å². The van der Waals surface area contributed by atoms with Crippen LogP contribution in [0.4, 0.5) is 17.6 Å². The predicted molar refractivity (Wildman–Crippen MR) is 90.6 cm³/mol. The molecule has 0 aliphatic heterocycles. The van der Waals surface area contributed by atoms with Crippen LogP contribution in [0.5, 0.6) is 5.75 Å². The van der Waals surface area contributed by atoms with E-state index in [9.17, 15) is 22.7 Å². The van der Waals surface area contributed by atoms with Gasteiger partial charge in [-0.05, 0) is 41.3 Å². The van der Waals surface area contributed by atoms with Crippen LogP contribution in [-0.4, -0.2) is 25.3 Å². The average Bonchev–Trinajstić information content (AvgIpc) is 2.60. The van der Waals surface area contributed by atoms with Crippen LogP contribution in [0.15, 0.2) is 42.5 Å². The van der Waals surface area contributed by atoms with E-state index < -0.39 is 23.7 Å². The third-order valence-corrected chi connectivity index (χ3v) is 4.13. The third-order valence-electron chi connectivity index (χ3n) is 4.13. The Morgan fingerprint density at radius 1 is 1.08 bits per heavy atom. The molecule has 2 aromatic rings. The number of methoxy groups -OCH3 is 1. The van der Waals surface area contributed by atoms with Crippen LogP contribution in [0.1, 0.15) is 35.6 Å². The summed E-state index contributed by atoms with van der Waals surface area (Å²) in [6.45, 7) is 2.40. The van der Waals surface area contributed by atoms with Crippen molar-refractivity contribution < 1.29 is 27.4 Å². The van der Waals surface area contributed by atoms with Gasteiger partial charge in [0.1, 0.15) is 0 Å². The Bertz CT molecular complexity index is 734. The Kier molecular flexibility index (Phi) is 6.61. The van der Waals surface area contributed by atoms with E-state index in [2.05, 4.69) is 5.32 Å². The third kappa shape index (κ3) is 5.19. The molecule has 2 rings (SSSR count). The zero-order chi connectivity index (χ0) is 19.3. The smallest absolute Gasteiger partial charge is 0.416 e. The van der Waals surface area contributed by atoms with Crippen molar-refractivity contribution in [3.8, 4) is 5.75 Å². The Hall–Kier alpha value is -2.12. The molecule has 2 aromatic carbocycles. The monoisotopic (exact) mass is 371 g/mol. The molecule has 0 spiro atoms. The molecule has 3 nitrogen and oxygen atoms in total. The number of nitrogens with one attached hydrogen (secondary N) is 1. The van der Waals surface area contributed by atoms with Gasteiger partial charge in [-0.2, -0.15) is 13.2 Å². The maximum atomic E-state index is 13.7. The molecule has 0 amide bonds. The van der Waals surface area contributed by atoms with Crippen molar-refractivity contribution in [3.05, 3.63) is 65.0 Å². The molecule has 0 aliphatic rings. The standard InChI is InChI=1S/C19H21F4NO2/c1-12(13-6-7-18(26-2)16(20)9-13)10-24-11-17(25)14-4-3-5-15(8-14)19(21,22)23/h3-9,12,17,24-25H,10-11H2,1-2H3. The lowest BCUT2D eigenvalue weighted by molar-refractivity contribution is -0.137. The topological polar surface area (TPSA) is 41.5 Å². The molecule has 0 saturated carbocycles. The van der Waals surface area contributed by atoms with Gasteiger partial charge in [-0.15, -0.1) is 0 Å². The quantitative estimate of drug-likeness (QED) is 0.714. The molecule has 0 saturated heterocycles. The molecule has 7 heteroatoms. The Labute approximate surface area is 149 Å². The number of ether oxygens (including phenoxy) is 1. The van der Waals surface area contributed by atoms with Gasteiger partial charge in [-0.25, -0.2) is 4.39 Å². The number of rotatable bonds is 7. The van der Waals surface area contributed by atoms with Crippen molar-refractivity contribution >= 4 is 0 Å². The fourth-order valence-corrected chi connectivity index (χ4v) is 2.58. The zero-order valence-corrected chi connectivity index (χ0v) is 14.5. The van der Waals surface area contributed by atoms with Gasteiger partial charge in [0.05, 0.1) is 18.8 Å². The molecule has 0 aromatic heterocycles. The van der Waals surface area contributed by atoms with Gasteiger partial charge in [-0.1, -0.05) is 25.1 Å². The number of benzene rings is 2. The summed E-state index contributed by atoms with van der Waals surface area (Å²) < 4.78 is 56.8. The number of alkyl halides is 3. The first-order chi connectivity index (χ1) is 12.2. The molecule has 2 N–H and O–H groups in total. The minimum Gasteiger partial charge on any atom is -0.494 e. The highest BCUT2D eigenvalue weighted by Crippen LogP contribution is 2.30. The summed E-state index contributed by atoms with van der Waals surface area (Å²) in [5.41, 5.74) is 0.149. The summed E-state index contributed by atoms with van der Waals surface area (Å²) in [7, 11) is 1.39. The maximum Gasteiger partial charge on any atom is 0.416 e.